The lowest BCUT2D eigenvalue weighted by molar-refractivity contribution is 0.138. The molecule has 2 saturated heterocycles. The van der Waals surface area contributed by atoms with E-state index >= 15 is 0 Å². The zero-order valence-corrected chi connectivity index (χ0v) is 7.13. The molecule has 0 aliphatic carbocycles. The predicted molar refractivity (Wildman–Crippen MR) is 46.4 cm³/mol. The molecule has 0 aromatic heterocycles. The topological polar surface area (TPSA) is 29.3 Å². The second kappa shape index (κ2) is 3.11. The van der Waals surface area contributed by atoms with Crippen molar-refractivity contribution in [2.45, 2.75) is 31.7 Å². The van der Waals surface area contributed by atoms with E-state index in [-0.39, 0.29) is 0 Å². The van der Waals surface area contributed by atoms with Gasteiger partial charge in [0.25, 0.3) is 0 Å². The highest BCUT2D eigenvalue weighted by Gasteiger charge is 2.33. The van der Waals surface area contributed by atoms with Crippen molar-refractivity contribution in [1.29, 1.82) is 0 Å². The first-order valence-corrected chi connectivity index (χ1v) is 4.86. The van der Waals surface area contributed by atoms with Crippen LogP contribution in [0.15, 0.2) is 0 Å². The van der Waals surface area contributed by atoms with Crippen LogP contribution in [-0.4, -0.2) is 30.6 Å². The third-order valence-electron chi connectivity index (χ3n) is 3.28. The Hall–Kier alpha value is -0.0800. The van der Waals surface area contributed by atoms with Gasteiger partial charge in [0.15, 0.2) is 0 Å². The summed E-state index contributed by atoms with van der Waals surface area (Å²) >= 11 is 0. The lowest BCUT2D eigenvalue weighted by atomic mass is 9.89. The average Bonchev–Trinajstić information content (AvgIpc) is 2.50. The Morgan fingerprint density at radius 2 is 1.91 bits per heavy atom. The monoisotopic (exact) mass is 154 g/mol. The van der Waals surface area contributed by atoms with Crippen molar-refractivity contribution in [2.75, 3.05) is 19.6 Å². The molecule has 2 fully saturated rings. The van der Waals surface area contributed by atoms with Gasteiger partial charge in [-0.1, -0.05) is 0 Å². The summed E-state index contributed by atoms with van der Waals surface area (Å²) in [7, 11) is 0. The Bertz CT molecular complexity index is 136. The smallest absolute Gasteiger partial charge is 0.0136 e. The van der Waals surface area contributed by atoms with Crippen molar-refractivity contribution in [3.05, 3.63) is 0 Å². The van der Waals surface area contributed by atoms with E-state index in [1.807, 2.05) is 0 Å². The summed E-state index contributed by atoms with van der Waals surface area (Å²) in [6.45, 7) is 3.57. The zero-order chi connectivity index (χ0) is 7.68. The van der Waals surface area contributed by atoms with Gasteiger partial charge in [-0.3, -0.25) is 0 Å². The van der Waals surface area contributed by atoms with E-state index in [1.165, 1.54) is 38.8 Å². The fraction of sp³-hybridized carbons (Fsp3) is 1.00. The minimum Gasteiger partial charge on any atom is -0.330 e. The predicted octanol–water partition coefficient (Wildman–Crippen LogP) is 0.819. The Balaban J connectivity index is 2.00. The van der Waals surface area contributed by atoms with E-state index in [0.717, 1.165) is 18.5 Å². The van der Waals surface area contributed by atoms with Crippen LogP contribution in [0.4, 0.5) is 0 Å². The Morgan fingerprint density at radius 1 is 1.18 bits per heavy atom. The number of rotatable bonds is 1. The molecule has 0 saturated carbocycles. The Morgan fingerprint density at radius 3 is 2.64 bits per heavy atom. The Kier molecular flexibility index (Phi) is 2.14. The molecule has 0 bridgehead atoms. The van der Waals surface area contributed by atoms with Gasteiger partial charge in [0.05, 0.1) is 0 Å². The van der Waals surface area contributed by atoms with Gasteiger partial charge in [-0.15, -0.1) is 0 Å². The van der Waals surface area contributed by atoms with Crippen LogP contribution in [0, 0.1) is 5.92 Å². The minimum atomic E-state index is 0.811. The van der Waals surface area contributed by atoms with Crippen LogP contribution in [-0.2, 0) is 0 Å². The summed E-state index contributed by atoms with van der Waals surface area (Å²) in [5.41, 5.74) is 5.73. The molecule has 0 spiro atoms. The van der Waals surface area contributed by atoms with Gasteiger partial charge in [0.2, 0.25) is 0 Å². The minimum absolute atomic E-state index is 0.811. The maximum Gasteiger partial charge on any atom is 0.0136 e. The molecular weight excluding hydrogens is 136 g/mol. The van der Waals surface area contributed by atoms with Gasteiger partial charge in [0, 0.05) is 6.04 Å². The molecule has 2 aliphatic heterocycles. The molecule has 2 heteroatoms. The van der Waals surface area contributed by atoms with Crippen molar-refractivity contribution >= 4 is 0 Å². The molecule has 2 atom stereocenters. The molecule has 1 unspecified atom stereocenters. The van der Waals surface area contributed by atoms with Crippen molar-refractivity contribution in [1.82, 2.24) is 4.90 Å². The van der Waals surface area contributed by atoms with Crippen molar-refractivity contribution in [2.24, 2.45) is 11.7 Å². The summed E-state index contributed by atoms with van der Waals surface area (Å²) in [5, 5.41) is 0. The van der Waals surface area contributed by atoms with E-state index in [0.29, 0.717) is 0 Å². The molecule has 11 heavy (non-hydrogen) atoms. The number of fused-ring (bicyclic) bond motifs is 1. The summed E-state index contributed by atoms with van der Waals surface area (Å²) in [4.78, 5) is 2.64. The first-order chi connectivity index (χ1) is 5.42. The van der Waals surface area contributed by atoms with Crippen molar-refractivity contribution in [3.8, 4) is 0 Å². The second-order valence-corrected chi connectivity index (χ2v) is 3.88. The van der Waals surface area contributed by atoms with Crippen LogP contribution in [0.1, 0.15) is 25.7 Å². The highest BCUT2D eigenvalue weighted by molar-refractivity contribution is 4.88. The molecule has 0 aromatic rings. The third kappa shape index (κ3) is 1.30. The van der Waals surface area contributed by atoms with Gasteiger partial charge in [0.1, 0.15) is 0 Å². The van der Waals surface area contributed by atoms with E-state index < -0.39 is 0 Å². The van der Waals surface area contributed by atoms with Crippen LogP contribution in [0.5, 0.6) is 0 Å². The van der Waals surface area contributed by atoms with Gasteiger partial charge < -0.3 is 10.6 Å². The van der Waals surface area contributed by atoms with Crippen LogP contribution in [0.3, 0.4) is 0 Å². The van der Waals surface area contributed by atoms with Crippen LogP contribution < -0.4 is 5.73 Å². The van der Waals surface area contributed by atoms with Crippen LogP contribution in [0.2, 0.25) is 0 Å². The molecule has 64 valence electrons. The van der Waals surface area contributed by atoms with E-state index in [4.69, 9.17) is 5.73 Å². The number of hydrogen-bond acceptors (Lipinski definition) is 2. The highest BCUT2D eigenvalue weighted by Crippen LogP contribution is 2.30. The van der Waals surface area contributed by atoms with Gasteiger partial charge >= 0.3 is 0 Å². The standard InChI is InChI=1S/C9H18N2/c10-7-8-3-1-5-11-6-2-4-9(8)11/h8-9H,1-7,10H2/t8-,9?/m0/s1. The molecule has 0 amide bonds. The lowest BCUT2D eigenvalue weighted by Gasteiger charge is -2.35. The molecule has 2 aliphatic rings. The first-order valence-electron chi connectivity index (χ1n) is 4.86. The van der Waals surface area contributed by atoms with E-state index in [1.54, 1.807) is 0 Å². The maximum absolute atomic E-state index is 5.73. The molecule has 0 radical (unpaired) electrons. The molecular formula is C9H18N2. The fourth-order valence-electron chi connectivity index (χ4n) is 2.69. The maximum atomic E-state index is 5.73. The summed E-state index contributed by atoms with van der Waals surface area (Å²) in [6.07, 6.45) is 5.55. The number of hydrogen-bond donors (Lipinski definition) is 1. The average molecular weight is 154 g/mol. The molecule has 2 N–H and O–H groups in total. The van der Waals surface area contributed by atoms with Gasteiger partial charge in [-0.2, -0.15) is 0 Å². The van der Waals surface area contributed by atoms with Gasteiger partial charge in [-0.25, -0.2) is 0 Å². The van der Waals surface area contributed by atoms with E-state index in [9.17, 15) is 0 Å². The number of piperidine rings is 1. The van der Waals surface area contributed by atoms with E-state index in [2.05, 4.69) is 4.90 Å². The quantitative estimate of drug-likeness (QED) is 0.606. The number of nitrogens with zero attached hydrogens (tertiary/aromatic N) is 1. The lowest BCUT2D eigenvalue weighted by Crippen LogP contribution is -2.43. The van der Waals surface area contributed by atoms with Crippen molar-refractivity contribution < 1.29 is 0 Å². The molecule has 2 rings (SSSR count). The fourth-order valence-corrected chi connectivity index (χ4v) is 2.69. The van der Waals surface area contributed by atoms with Crippen LogP contribution in [0.25, 0.3) is 0 Å². The molecule has 0 aromatic carbocycles. The summed E-state index contributed by atoms with van der Waals surface area (Å²) < 4.78 is 0. The third-order valence-corrected chi connectivity index (χ3v) is 3.28. The molecule has 2 heterocycles. The number of nitrogens with two attached hydrogens (primary N) is 1. The zero-order valence-electron chi connectivity index (χ0n) is 7.13. The Labute approximate surface area is 68.7 Å². The first kappa shape index (κ1) is 7.56. The second-order valence-electron chi connectivity index (χ2n) is 3.88. The van der Waals surface area contributed by atoms with Crippen molar-refractivity contribution in [3.63, 3.8) is 0 Å². The van der Waals surface area contributed by atoms with Crippen LogP contribution >= 0.6 is 0 Å². The SMILES string of the molecule is NC[C@@H]1CCCN2CCCC12. The molecule has 2 nitrogen and oxygen atoms in total. The van der Waals surface area contributed by atoms with Gasteiger partial charge in [-0.05, 0) is 51.2 Å². The highest BCUT2D eigenvalue weighted by atomic mass is 15.2. The summed E-state index contributed by atoms with van der Waals surface area (Å²) in [5.74, 6) is 0.811. The summed E-state index contributed by atoms with van der Waals surface area (Å²) in [6, 6.07) is 0.855. The largest absolute Gasteiger partial charge is 0.330 e. The normalized spacial score (nSPS) is 39.0.